The molecule has 15 heavy (non-hydrogen) atoms. The van der Waals surface area contributed by atoms with Crippen LogP contribution in [0.15, 0.2) is 24.3 Å². The van der Waals surface area contributed by atoms with Crippen LogP contribution in [0.2, 0.25) is 0 Å². The lowest BCUT2D eigenvalue weighted by Gasteiger charge is -2.14. The number of carboxylic acids is 1. The quantitative estimate of drug-likeness (QED) is 0.489. The molecule has 1 N–H and O–H groups in total. The average molecular weight is 210 g/mol. The zero-order valence-corrected chi connectivity index (χ0v) is 9.83. The first-order valence-corrected chi connectivity index (χ1v) is 5.70. The number of carbonyl (C=O) groups is 1. The van der Waals surface area contributed by atoms with E-state index >= 15 is 0 Å². The Balaban J connectivity index is 4.28. The number of carboxylic acid groups (broad SMARTS) is 1. The molecule has 0 bridgehead atoms. The molecule has 0 radical (unpaired) electrons. The Labute approximate surface area is 92.7 Å². The molecule has 0 aliphatic rings. The van der Waals surface area contributed by atoms with Crippen molar-refractivity contribution in [1.82, 2.24) is 0 Å². The number of hydrogen-bond donors (Lipinski definition) is 1. The van der Waals surface area contributed by atoms with Crippen LogP contribution in [0.3, 0.4) is 0 Å². The Hall–Kier alpha value is -1.05. The SMILES string of the molecule is C=CC=C(CC(CC)CCCC)C(=O)O. The summed E-state index contributed by atoms with van der Waals surface area (Å²) >= 11 is 0. The second kappa shape index (κ2) is 8.27. The largest absolute Gasteiger partial charge is 0.478 e. The summed E-state index contributed by atoms with van der Waals surface area (Å²) in [7, 11) is 0. The molecule has 2 nitrogen and oxygen atoms in total. The predicted molar refractivity (Wildman–Crippen MR) is 63.8 cm³/mol. The van der Waals surface area contributed by atoms with E-state index in [1.807, 2.05) is 0 Å². The first-order chi connectivity index (χ1) is 7.15. The maximum Gasteiger partial charge on any atom is 0.331 e. The molecule has 0 aliphatic carbocycles. The first kappa shape index (κ1) is 13.9. The Morgan fingerprint density at radius 3 is 2.53 bits per heavy atom. The summed E-state index contributed by atoms with van der Waals surface area (Å²) in [5.74, 6) is -0.322. The summed E-state index contributed by atoms with van der Waals surface area (Å²) in [6.45, 7) is 7.81. The highest BCUT2D eigenvalue weighted by Crippen LogP contribution is 2.21. The molecular weight excluding hydrogens is 188 g/mol. The van der Waals surface area contributed by atoms with Crippen molar-refractivity contribution in [1.29, 1.82) is 0 Å². The minimum absolute atomic E-state index is 0.480. The second-order valence-corrected chi connectivity index (χ2v) is 3.85. The van der Waals surface area contributed by atoms with Crippen molar-refractivity contribution < 1.29 is 9.90 Å². The van der Waals surface area contributed by atoms with Crippen molar-refractivity contribution in [3.05, 3.63) is 24.3 Å². The monoisotopic (exact) mass is 210 g/mol. The fourth-order valence-corrected chi connectivity index (χ4v) is 1.62. The molecule has 2 heteroatoms. The van der Waals surface area contributed by atoms with Crippen LogP contribution in [0.5, 0.6) is 0 Å². The molecular formula is C13H22O2. The lowest BCUT2D eigenvalue weighted by atomic mass is 9.92. The molecule has 0 fully saturated rings. The lowest BCUT2D eigenvalue weighted by molar-refractivity contribution is -0.132. The van der Waals surface area contributed by atoms with Gasteiger partial charge in [0, 0.05) is 5.57 Å². The van der Waals surface area contributed by atoms with Crippen molar-refractivity contribution in [3.8, 4) is 0 Å². The van der Waals surface area contributed by atoms with E-state index in [0.717, 1.165) is 12.8 Å². The van der Waals surface area contributed by atoms with E-state index in [-0.39, 0.29) is 0 Å². The molecule has 0 saturated heterocycles. The van der Waals surface area contributed by atoms with Crippen molar-refractivity contribution in [2.24, 2.45) is 5.92 Å². The van der Waals surface area contributed by atoms with Crippen LogP contribution in [0.4, 0.5) is 0 Å². The smallest absolute Gasteiger partial charge is 0.331 e. The molecule has 1 atom stereocenters. The Morgan fingerprint density at radius 1 is 1.47 bits per heavy atom. The van der Waals surface area contributed by atoms with Gasteiger partial charge in [0.25, 0.3) is 0 Å². The summed E-state index contributed by atoms with van der Waals surface area (Å²) in [6.07, 6.45) is 8.34. The third-order valence-corrected chi connectivity index (χ3v) is 2.65. The maximum atomic E-state index is 10.9. The Morgan fingerprint density at radius 2 is 2.13 bits per heavy atom. The number of allylic oxidation sites excluding steroid dienone is 2. The molecule has 1 unspecified atom stereocenters. The molecule has 0 heterocycles. The van der Waals surface area contributed by atoms with E-state index in [4.69, 9.17) is 5.11 Å². The van der Waals surface area contributed by atoms with Crippen LogP contribution < -0.4 is 0 Å². The predicted octanol–water partition coefficient (Wildman–Crippen LogP) is 3.79. The van der Waals surface area contributed by atoms with E-state index < -0.39 is 5.97 Å². The van der Waals surface area contributed by atoms with Gasteiger partial charge in [-0.3, -0.25) is 0 Å². The van der Waals surface area contributed by atoms with E-state index in [9.17, 15) is 4.79 Å². The Kier molecular flexibility index (Phi) is 7.69. The Bertz CT molecular complexity index is 229. The molecule has 0 aromatic carbocycles. The van der Waals surface area contributed by atoms with Gasteiger partial charge in [-0.2, -0.15) is 0 Å². The van der Waals surface area contributed by atoms with E-state index in [1.165, 1.54) is 12.8 Å². The number of hydrogen-bond acceptors (Lipinski definition) is 1. The fraction of sp³-hybridized carbons (Fsp3) is 0.615. The molecule has 0 aromatic rings. The van der Waals surface area contributed by atoms with Crippen LogP contribution in [0.25, 0.3) is 0 Å². The summed E-state index contributed by atoms with van der Waals surface area (Å²) in [6, 6.07) is 0. The third-order valence-electron chi connectivity index (χ3n) is 2.65. The highest BCUT2D eigenvalue weighted by molar-refractivity contribution is 5.86. The van der Waals surface area contributed by atoms with Gasteiger partial charge in [-0.05, 0) is 12.3 Å². The van der Waals surface area contributed by atoms with Crippen LogP contribution >= 0.6 is 0 Å². The summed E-state index contributed by atoms with van der Waals surface area (Å²) in [5.41, 5.74) is 0.480. The standard InChI is InChI=1S/C13H22O2/c1-4-7-9-11(6-3)10-12(8-5-2)13(14)15/h5,8,11H,2,4,6-7,9-10H2,1,3H3,(H,14,15). The minimum Gasteiger partial charge on any atom is -0.478 e. The molecule has 0 spiro atoms. The van der Waals surface area contributed by atoms with Gasteiger partial charge in [-0.25, -0.2) is 4.79 Å². The van der Waals surface area contributed by atoms with Crippen LogP contribution in [0.1, 0.15) is 46.0 Å². The highest BCUT2D eigenvalue weighted by Gasteiger charge is 2.13. The average Bonchev–Trinajstić information content (AvgIpc) is 2.22. The van der Waals surface area contributed by atoms with Crippen LogP contribution in [-0.2, 0) is 4.79 Å². The van der Waals surface area contributed by atoms with Crippen molar-refractivity contribution in [2.45, 2.75) is 46.0 Å². The minimum atomic E-state index is -0.815. The van der Waals surface area contributed by atoms with Gasteiger partial charge in [0.15, 0.2) is 0 Å². The highest BCUT2D eigenvalue weighted by atomic mass is 16.4. The topological polar surface area (TPSA) is 37.3 Å². The molecule has 0 rings (SSSR count). The van der Waals surface area contributed by atoms with Crippen molar-refractivity contribution >= 4 is 5.97 Å². The molecule has 86 valence electrons. The number of aliphatic carboxylic acids is 1. The summed E-state index contributed by atoms with van der Waals surface area (Å²) < 4.78 is 0. The van der Waals surface area contributed by atoms with E-state index in [1.54, 1.807) is 12.2 Å². The van der Waals surface area contributed by atoms with Gasteiger partial charge in [-0.15, -0.1) is 0 Å². The molecule has 0 amide bonds. The number of unbranched alkanes of at least 4 members (excludes halogenated alkanes) is 1. The van der Waals surface area contributed by atoms with Gasteiger partial charge < -0.3 is 5.11 Å². The third kappa shape index (κ3) is 6.10. The second-order valence-electron chi connectivity index (χ2n) is 3.85. The van der Waals surface area contributed by atoms with Gasteiger partial charge in [-0.1, -0.05) is 58.3 Å². The van der Waals surface area contributed by atoms with Crippen LogP contribution in [-0.4, -0.2) is 11.1 Å². The van der Waals surface area contributed by atoms with Gasteiger partial charge in [0.05, 0.1) is 0 Å². The fourth-order valence-electron chi connectivity index (χ4n) is 1.62. The van der Waals surface area contributed by atoms with Gasteiger partial charge >= 0.3 is 5.97 Å². The lowest BCUT2D eigenvalue weighted by Crippen LogP contribution is -2.07. The summed E-state index contributed by atoms with van der Waals surface area (Å²) in [5, 5.41) is 8.96. The van der Waals surface area contributed by atoms with Gasteiger partial charge in [0.1, 0.15) is 0 Å². The molecule has 0 aromatic heterocycles. The molecule has 0 aliphatic heterocycles. The van der Waals surface area contributed by atoms with Crippen molar-refractivity contribution in [3.63, 3.8) is 0 Å². The molecule has 0 saturated carbocycles. The first-order valence-electron chi connectivity index (χ1n) is 5.70. The summed E-state index contributed by atoms with van der Waals surface area (Å²) in [4.78, 5) is 10.9. The van der Waals surface area contributed by atoms with Crippen molar-refractivity contribution in [2.75, 3.05) is 0 Å². The van der Waals surface area contributed by atoms with Crippen LogP contribution in [0, 0.1) is 5.92 Å². The zero-order chi connectivity index (χ0) is 11.7. The van der Waals surface area contributed by atoms with E-state index in [2.05, 4.69) is 20.4 Å². The normalized spacial score (nSPS) is 13.6. The zero-order valence-electron chi connectivity index (χ0n) is 9.83. The van der Waals surface area contributed by atoms with Gasteiger partial charge in [0.2, 0.25) is 0 Å². The number of rotatable bonds is 8. The van der Waals surface area contributed by atoms with E-state index in [0.29, 0.717) is 17.9 Å². The maximum absolute atomic E-state index is 10.9.